The molecule has 6 nitrogen and oxygen atoms in total. The molecule has 2 rings (SSSR count). The maximum Gasteiger partial charge on any atom is 0.244 e. The van der Waals surface area contributed by atoms with E-state index in [1.807, 2.05) is 71.0 Å². The van der Waals surface area contributed by atoms with Crippen LogP contribution in [0.2, 0.25) is 0 Å². The Morgan fingerprint density at radius 1 is 1.03 bits per heavy atom. The van der Waals surface area contributed by atoms with Gasteiger partial charge in [-0.3, -0.25) is 9.10 Å². The summed E-state index contributed by atoms with van der Waals surface area (Å²) >= 11 is 0. The topological polar surface area (TPSA) is 75.7 Å². The molecule has 0 saturated carbocycles. The van der Waals surface area contributed by atoms with Gasteiger partial charge in [-0.15, -0.1) is 0 Å². The lowest BCUT2D eigenvalue weighted by molar-refractivity contribution is -0.123. The predicted octanol–water partition coefficient (Wildman–Crippen LogP) is 4.43. The van der Waals surface area contributed by atoms with Gasteiger partial charge < -0.3 is 10.1 Å². The van der Waals surface area contributed by atoms with E-state index in [0.29, 0.717) is 18.5 Å². The Hall–Kier alpha value is -2.54. The summed E-state index contributed by atoms with van der Waals surface area (Å²) in [5.74, 6) is 0.476. The number of amides is 1. The first-order valence-corrected chi connectivity index (χ1v) is 12.4. The minimum atomic E-state index is -3.68. The van der Waals surface area contributed by atoms with Gasteiger partial charge in [0.1, 0.15) is 11.8 Å². The fourth-order valence-corrected chi connectivity index (χ4v) is 5.06. The van der Waals surface area contributed by atoms with Gasteiger partial charge in [0.2, 0.25) is 15.9 Å². The average Bonchev–Trinajstić information content (AvgIpc) is 2.71. The van der Waals surface area contributed by atoms with Crippen LogP contribution in [0, 0.1) is 20.8 Å². The standard InChI is InChI=1S/C24H34N2O4S/c1-8-20(19-12-13-23(30-6)18(5)15-19)25-24(27)21(9-2)26(31(7,28)29)22-14-16(3)10-11-17(22)4/h10-15,20-21H,8-9H2,1-7H3,(H,25,27)/t20-,21-/m0/s1. The Labute approximate surface area is 186 Å². The quantitative estimate of drug-likeness (QED) is 0.618. The van der Waals surface area contributed by atoms with Crippen LogP contribution < -0.4 is 14.4 Å². The zero-order valence-electron chi connectivity index (χ0n) is 19.5. The second-order valence-electron chi connectivity index (χ2n) is 7.97. The third-order valence-electron chi connectivity index (χ3n) is 5.48. The Balaban J connectivity index is 2.41. The molecule has 0 unspecified atom stereocenters. The van der Waals surface area contributed by atoms with Crippen molar-refractivity contribution in [3.8, 4) is 5.75 Å². The highest BCUT2D eigenvalue weighted by molar-refractivity contribution is 7.92. The lowest BCUT2D eigenvalue weighted by Crippen LogP contribution is -2.50. The van der Waals surface area contributed by atoms with Crippen molar-refractivity contribution in [3.63, 3.8) is 0 Å². The van der Waals surface area contributed by atoms with Crippen molar-refractivity contribution in [3.05, 3.63) is 58.7 Å². The van der Waals surface area contributed by atoms with Crippen LogP contribution in [0.15, 0.2) is 36.4 Å². The van der Waals surface area contributed by atoms with Crippen LogP contribution in [0.4, 0.5) is 5.69 Å². The third-order valence-corrected chi connectivity index (χ3v) is 6.64. The van der Waals surface area contributed by atoms with Crippen LogP contribution in [0.5, 0.6) is 5.75 Å². The lowest BCUT2D eigenvalue weighted by atomic mass is 10.0. The highest BCUT2D eigenvalue weighted by Gasteiger charge is 2.33. The Bertz CT molecular complexity index is 1030. The largest absolute Gasteiger partial charge is 0.496 e. The molecule has 1 N–H and O–H groups in total. The molecule has 2 aromatic carbocycles. The normalized spacial score (nSPS) is 13.4. The molecule has 2 aromatic rings. The molecule has 0 aromatic heterocycles. The molecule has 0 radical (unpaired) electrons. The van der Waals surface area contributed by atoms with E-state index >= 15 is 0 Å². The minimum Gasteiger partial charge on any atom is -0.496 e. The van der Waals surface area contributed by atoms with Crippen LogP contribution in [0.1, 0.15) is 55.0 Å². The summed E-state index contributed by atoms with van der Waals surface area (Å²) < 4.78 is 32.1. The number of hydrogen-bond acceptors (Lipinski definition) is 4. The Morgan fingerprint density at radius 3 is 2.23 bits per heavy atom. The first kappa shape index (κ1) is 24.7. The fraction of sp³-hybridized carbons (Fsp3) is 0.458. The Morgan fingerprint density at radius 2 is 1.71 bits per heavy atom. The van der Waals surface area contributed by atoms with Crippen molar-refractivity contribution in [2.75, 3.05) is 17.7 Å². The second-order valence-corrected chi connectivity index (χ2v) is 9.83. The van der Waals surface area contributed by atoms with Crippen molar-refractivity contribution in [1.29, 1.82) is 0 Å². The number of rotatable bonds is 9. The highest BCUT2D eigenvalue weighted by Crippen LogP contribution is 2.29. The fourth-order valence-electron chi connectivity index (χ4n) is 3.80. The molecule has 0 aliphatic carbocycles. The molecule has 0 spiro atoms. The van der Waals surface area contributed by atoms with E-state index in [0.717, 1.165) is 34.3 Å². The molecule has 0 fully saturated rings. The van der Waals surface area contributed by atoms with Gasteiger partial charge in [0, 0.05) is 0 Å². The zero-order chi connectivity index (χ0) is 23.3. The maximum atomic E-state index is 13.3. The number of benzene rings is 2. The van der Waals surface area contributed by atoms with E-state index in [2.05, 4.69) is 5.32 Å². The van der Waals surface area contributed by atoms with Gasteiger partial charge in [-0.05, 0) is 68.0 Å². The van der Waals surface area contributed by atoms with Gasteiger partial charge in [0.15, 0.2) is 0 Å². The molecular formula is C24H34N2O4S. The monoisotopic (exact) mass is 446 g/mol. The molecule has 0 heterocycles. The molecule has 170 valence electrons. The summed E-state index contributed by atoms with van der Waals surface area (Å²) in [6, 6.07) is 10.4. The van der Waals surface area contributed by atoms with Gasteiger partial charge in [-0.2, -0.15) is 0 Å². The van der Waals surface area contributed by atoms with Crippen molar-refractivity contribution in [1.82, 2.24) is 5.32 Å². The van der Waals surface area contributed by atoms with Crippen LogP contribution in [0.25, 0.3) is 0 Å². The SMILES string of the molecule is CC[C@H](NC(=O)[C@H](CC)N(c1cc(C)ccc1C)S(C)(=O)=O)c1ccc(OC)c(C)c1. The van der Waals surface area contributed by atoms with Gasteiger partial charge in [-0.1, -0.05) is 38.1 Å². The zero-order valence-corrected chi connectivity index (χ0v) is 20.3. The van der Waals surface area contributed by atoms with Crippen molar-refractivity contribution < 1.29 is 17.9 Å². The number of ether oxygens (including phenoxy) is 1. The van der Waals surface area contributed by atoms with Crippen LogP contribution in [0.3, 0.4) is 0 Å². The number of hydrogen-bond donors (Lipinski definition) is 1. The van der Waals surface area contributed by atoms with E-state index in [1.54, 1.807) is 7.11 Å². The van der Waals surface area contributed by atoms with Gasteiger partial charge in [0.25, 0.3) is 0 Å². The smallest absolute Gasteiger partial charge is 0.244 e. The number of anilines is 1. The Kier molecular flexibility index (Phi) is 8.12. The average molecular weight is 447 g/mol. The van der Waals surface area contributed by atoms with E-state index in [4.69, 9.17) is 4.74 Å². The number of carbonyl (C=O) groups excluding carboxylic acids is 1. The summed E-state index contributed by atoms with van der Waals surface area (Å²) in [6.45, 7) is 9.53. The first-order valence-electron chi connectivity index (χ1n) is 10.5. The van der Waals surface area contributed by atoms with Crippen LogP contribution in [-0.4, -0.2) is 33.7 Å². The summed E-state index contributed by atoms with van der Waals surface area (Å²) in [5, 5.41) is 3.07. The molecule has 2 atom stereocenters. The highest BCUT2D eigenvalue weighted by atomic mass is 32.2. The number of nitrogens with zero attached hydrogens (tertiary/aromatic N) is 1. The lowest BCUT2D eigenvalue weighted by Gasteiger charge is -2.32. The third kappa shape index (κ3) is 5.79. The molecule has 0 aliphatic heterocycles. The number of aryl methyl sites for hydroxylation is 3. The summed E-state index contributed by atoms with van der Waals surface area (Å²) in [7, 11) is -2.06. The summed E-state index contributed by atoms with van der Waals surface area (Å²) in [6.07, 6.45) is 2.18. The van der Waals surface area contributed by atoms with Crippen LogP contribution >= 0.6 is 0 Å². The molecule has 0 saturated heterocycles. The minimum absolute atomic E-state index is 0.230. The van der Waals surface area contributed by atoms with E-state index < -0.39 is 16.1 Å². The maximum absolute atomic E-state index is 13.3. The van der Waals surface area contributed by atoms with E-state index in [-0.39, 0.29) is 11.9 Å². The van der Waals surface area contributed by atoms with Crippen molar-refractivity contribution >= 4 is 21.6 Å². The van der Waals surface area contributed by atoms with Crippen molar-refractivity contribution in [2.45, 2.75) is 59.5 Å². The predicted molar refractivity (Wildman–Crippen MR) is 126 cm³/mol. The first-order chi connectivity index (χ1) is 14.5. The molecule has 0 aliphatic rings. The number of sulfonamides is 1. The van der Waals surface area contributed by atoms with E-state index in [1.165, 1.54) is 4.31 Å². The van der Waals surface area contributed by atoms with Crippen LogP contribution in [-0.2, 0) is 14.8 Å². The molecule has 7 heteroatoms. The number of nitrogens with one attached hydrogen (secondary N) is 1. The summed E-state index contributed by atoms with van der Waals surface area (Å²) in [5.41, 5.74) is 4.22. The summed E-state index contributed by atoms with van der Waals surface area (Å²) in [4.78, 5) is 13.3. The van der Waals surface area contributed by atoms with Crippen molar-refractivity contribution in [2.24, 2.45) is 0 Å². The van der Waals surface area contributed by atoms with E-state index in [9.17, 15) is 13.2 Å². The molecule has 31 heavy (non-hydrogen) atoms. The van der Waals surface area contributed by atoms with Gasteiger partial charge in [0.05, 0.1) is 25.1 Å². The van der Waals surface area contributed by atoms with Gasteiger partial charge >= 0.3 is 0 Å². The van der Waals surface area contributed by atoms with Gasteiger partial charge in [-0.25, -0.2) is 8.42 Å². The number of carbonyl (C=O) groups is 1. The molecular weight excluding hydrogens is 412 g/mol. The molecule has 1 amide bonds. The second kappa shape index (κ2) is 10.2. The number of methoxy groups -OCH3 is 1. The molecule has 0 bridgehead atoms.